The molecule has 8 N–H and O–H groups in total. The lowest BCUT2D eigenvalue weighted by molar-refractivity contribution is -0.316. The maximum atomic E-state index is 14.0. The van der Waals surface area contributed by atoms with Gasteiger partial charge in [0.2, 0.25) is 17.0 Å². The zero-order valence-corrected chi connectivity index (χ0v) is 26.6. The van der Waals surface area contributed by atoms with Gasteiger partial charge in [-0.05, 0) is 56.7 Å². The number of carbonyl (C=O) groups is 1. The molecule has 1 aromatic heterocycles. The molecule has 0 spiro atoms. The molecule has 0 amide bonds. The lowest BCUT2D eigenvalue weighted by atomic mass is 9.86. The van der Waals surface area contributed by atoms with Gasteiger partial charge in [-0.3, -0.25) is 9.59 Å². The average Bonchev–Trinajstić information content (AvgIpc) is 3.03. The third-order valence-corrected chi connectivity index (χ3v) is 8.16. The second-order valence-electron chi connectivity index (χ2n) is 11.8. The van der Waals surface area contributed by atoms with Crippen molar-refractivity contribution in [2.75, 3.05) is 7.11 Å². The van der Waals surface area contributed by atoms with Gasteiger partial charge in [-0.1, -0.05) is 11.6 Å². The van der Waals surface area contributed by atoms with E-state index in [0.717, 1.165) is 60.2 Å². The molecule has 0 unspecified atom stereocenters. The first kappa shape index (κ1) is 33.5. The molecule has 5 aromatic rings. The van der Waals surface area contributed by atoms with E-state index in [9.17, 15) is 50.4 Å². The number of allylic oxidation sites excluding steroid dienone is 2. The number of rotatable bonds is 7. The number of ether oxygens (including phenoxy) is 3. The Balaban J connectivity index is 1.58. The fourth-order valence-electron chi connectivity index (χ4n) is 5.72. The number of Topliss-reactive ketones (excluding diaryl/α,β-unsaturated/α-hetero) is 1. The molecule has 6 rings (SSSR count). The van der Waals surface area contributed by atoms with Crippen LogP contribution in [0.3, 0.4) is 0 Å². The molecule has 2 atom stereocenters. The Kier molecular flexibility index (Phi) is 8.01. The summed E-state index contributed by atoms with van der Waals surface area (Å²) in [6.07, 6.45) is 1.65. The van der Waals surface area contributed by atoms with E-state index in [2.05, 4.69) is 0 Å². The molecule has 0 bridgehead atoms. The molecule has 14 heteroatoms. The van der Waals surface area contributed by atoms with Crippen molar-refractivity contribution in [2.24, 2.45) is 0 Å². The molecular formula is C36H30O14. The minimum absolute atomic E-state index is 0.0167. The van der Waals surface area contributed by atoms with Gasteiger partial charge in [0.1, 0.15) is 51.0 Å². The summed E-state index contributed by atoms with van der Waals surface area (Å²) in [7, 11) is 1.19. The molecule has 258 valence electrons. The van der Waals surface area contributed by atoms with Gasteiger partial charge in [0.25, 0.3) is 0 Å². The van der Waals surface area contributed by atoms with Crippen LogP contribution in [0.5, 0.6) is 51.7 Å². The number of hydrogen-bond acceptors (Lipinski definition) is 14. The predicted octanol–water partition coefficient (Wildman–Crippen LogP) is 4.40. The minimum Gasteiger partial charge on any atom is -0.508 e. The van der Waals surface area contributed by atoms with E-state index in [1.807, 2.05) is 0 Å². The Morgan fingerprint density at radius 1 is 0.840 bits per heavy atom. The highest BCUT2D eigenvalue weighted by Gasteiger charge is 2.66. The second-order valence-corrected chi connectivity index (χ2v) is 11.8. The van der Waals surface area contributed by atoms with Crippen molar-refractivity contribution in [2.45, 2.75) is 31.8 Å². The number of phenolic OH excluding ortho intramolecular Hbond substituents is 6. The Labute approximate surface area is 282 Å². The lowest BCUT2D eigenvalue weighted by Crippen LogP contribution is -2.66. The van der Waals surface area contributed by atoms with Gasteiger partial charge < -0.3 is 59.5 Å². The van der Waals surface area contributed by atoms with E-state index < -0.39 is 68.6 Å². The monoisotopic (exact) mass is 686 g/mol. The van der Waals surface area contributed by atoms with E-state index in [1.54, 1.807) is 19.9 Å². The van der Waals surface area contributed by atoms with Gasteiger partial charge in [0, 0.05) is 41.0 Å². The Morgan fingerprint density at radius 2 is 1.50 bits per heavy atom. The van der Waals surface area contributed by atoms with E-state index in [-0.39, 0.29) is 51.3 Å². The number of ketones is 1. The maximum absolute atomic E-state index is 14.0. The van der Waals surface area contributed by atoms with Crippen LogP contribution in [0.25, 0.3) is 22.3 Å². The summed E-state index contributed by atoms with van der Waals surface area (Å²) in [6.45, 7) is 3.55. The van der Waals surface area contributed by atoms with Crippen LogP contribution in [-0.2, 0) is 12.2 Å². The van der Waals surface area contributed by atoms with Crippen molar-refractivity contribution in [1.82, 2.24) is 0 Å². The molecule has 4 aromatic carbocycles. The quantitative estimate of drug-likeness (QED) is 0.0875. The molecule has 50 heavy (non-hydrogen) atoms. The van der Waals surface area contributed by atoms with E-state index in [4.69, 9.17) is 18.6 Å². The van der Waals surface area contributed by atoms with E-state index in [1.165, 1.54) is 13.2 Å². The maximum Gasteiger partial charge on any atom is 0.345 e. The summed E-state index contributed by atoms with van der Waals surface area (Å²) in [5.74, 6) is -12.9. The number of benzene rings is 4. The van der Waals surface area contributed by atoms with Crippen LogP contribution in [0.2, 0.25) is 0 Å². The van der Waals surface area contributed by atoms with Crippen molar-refractivity contribution < 1.29 is 64.3 Å². The Morgan fingerprint density at radius 3 is 2.16 bits per heavy atom. The molecule has 2 heterocycles. The summed E-state index contributed by atoms with van der Waals surface area (Å²) in [5, 5.41) is 86.4. The number of aliphatic hydroxyl groups is 2. The number of phenols is 6. The predicted molar refractivity (Wildman–Crippen MR) is 175 cm³/mol. The summed E-state index contributed by atoms with van der Waals surface area (Å²) in [5.41, 5.74) is -1.09. The highest BCUT2D eigenvalue weighted by Crippen LogP contribution is 2.51. The standard InChI is InChI=1S/C36H30O14/c1-16(2)4-9-21-22(32-33(47-3)31(43)28-23(40)12-19(38)14-26(28)48-32)10-11-25(30(21)42)49-36(46)34(44)29-24(41)13-20(39)15-27(29)50-35(36,45)17-5-7-18(37)8-6-17/h4-8,10-15,37-42,45-46H,9H2,1-3H3/t35-,36-/m1/s1. The SMILES string of the molecule is COc1c(-c2ccc(O[C@]3(O)C(=O)c4c(O)cc(O)cc4O[C@]3(O)c3ccc(O)cc3)c(O)c2CC=C(C)C)oc2cc(O)cc(O)c2c1=O. The molecular weight excluding hydrogens is 656 g/mol. The first-order valence-corrected chi connectivity index (χ1v) is 14.9. The first-order valence-electron chi connectivity index (χ1n) is 14.9. The molecule has 0 aliphatic carbocycles. The third-order valence-electron chi connectivity index (χ3n) is 8.16. The van der Waals surface area contributed by atoms with Crippen LogP contribution in [0, 0.1) is 0 Å². The van der Waals surface area contributed by atoms with Gasteiger partial charge in [-0.25, -0.2) is 0 Å². The van der Waals surface area contributed by atoms with Crippen LogP contribution in [0.1, 0.15) is 35.3 Å². The number of carbonyl (C=O) groups excluding carboxylic acids is 1. The topological polar surface area (TPSA) is 237 Å². The fraction of sp³-hybridized carbons (Fsp3) is 0.167. The van der Waals surface area contributed by atoms with E-state index in [0.29, 0.717) is 0 Å². The number of fused-ring (bicyclic) bond motifs is 2. The van der Waals surface area contributed by atoms with Gasteiger partial charge >= 0.3 is 11.6 Å². The van der Waals surface area contributed by atoms with Crippen LogP contribution >= 0.6 is 0 Å². The van der Waals surface area contributed by atoms with Crippen LogP contribution in [0.15, 0.2) is 81.5 Å². The third kappa shape index (κ3) is 5.23. The van der Waals surface area contributed by atoms with Gasteiger partial charge in [0.15, 0.2) is 17.3 Å². The molecule has 0 radical (unpaired) electrons. The molecule has 0 saturated heterocycles. The normalized spacial score (nSPS) is 18.3. The summed E-state index contributed by atoms with van der Waals surface area (Å²) in [6, 6.07) is 10.7. The number of hydrogen-bond donors (Lipinski definition) is 8. The van der Waals surface area contributed by atoms with Crippen molar-refractivity contribution in [3.8, 4) is 63.1 Å². The van der Waals surface area contributed by atoms with Crippen LogP contribution in [-0.4, -0.2) is 59.5 Å². The van der Waals surface area contributed by atoms with Gasteiger partial charge in [-0.2, -0.15) is 0 Å². The van der Waals surface area contributed by atoms with Gasteiger partial charge in [-0.15, -0.1) is 0 Å². The van der Waals surface area contributed by atoms with Gasteiger partial charge in [0.05, 0.1) is 7.11 Å². The Bertz CT molecular complexity index is 2280. The number of methoxy groups -OCH3 is 1. The summed E-state index contributed by atoms with van der Waals surface area (Å²) in [4.78, 5) is 27.5. The highest BCUT2D eigenvalue weighted by molar-refractivity contribution is 6.08. The first-order chi connectivity index (χ1) is 23.6. The minimum atomic E-state index is -3.44. The lowest BCUT2D eigenvalue weighted by Gasteiger charge is -2.44. The van der Waals surface area contributed by atoms with Crippen molar-refractivity contribution in [3.63, 3.8) is 0 Å². The zero-order valence-electron chi connectivity index (χ0n) is 26.6. The molecule has 14 nitrogen and oxygen atoms in total. The van der Waals surface area contributed by atoms with E-state index >= 15 is 0 Å². The van der Waals surface area contributed by atoms with Crippen LogP contribution in [0.4, 0.5) is 0 Å². The average molecular weight is 687 g/mol. The molecule has 1 aliphatic heterocycles. The largest absolute Gasteiger partial charge is 0.508 e. The summed E-state index contributed by atoms with van der Waals surface area (Å²) < 4.78 is 22.8. The fourth-order valence-corrected chi connectivity index (χ4v) is 5.72. The van der Waals surface area contributed by atoms with Crippen molar-refractivity contribution in [3.05, 3.63) is 99.2 Å². The Hall–Kier alpha value is -6.38. The zero-order chi connectivity index (χ0) is 36.3. The molecule has 1 aliphatic rings. The molecule has 0 saturated carbocycles. The summed E-state index contributed by atoms with van der Waals surface area (Å²) >= 11 is 0. The van der Waals surface area contributed by atoms with Crippen molar-refractivity contribution >= 4 is 16.8 Å². The second kappa shape index (κ2) is 11.9. The smallest absolute Gasteiger partial charge is 0.345 e. The van der Waals surface area contributed by atoms with Crippen LogP contribution < -0.4 is 19.6 Å². The van der Waals surface area contributed by atoms with Crippen molar-refractivity contribution in [1.29, 1.82) is 0 Å². The number of aromatic hydroxyl groups is 6. The molecule has 0 fully saturated rings. The highest BCUT2D eigenvalue weighted by atomic mass is 16.7.